The fourth-order valence-corrected chi connectivity index (χ4v) is 2.42. The maximum atomic E-state index is 12.0. The van der Waals surface area contributed by atoms with Gasteiger partial charge in [-0.25, -0.2) is 4.79 Å². The number of piperazine rings is 1. The van der Waals surface area contributed by atoms with Crippen LogP contribution in [0.15, 0.2) is 0 Å². The van der Waals surface area contributed by atoms with Crippen LogP contribution in [0.5, 0.6) is 0 Å². The van der Waals surface area contributed by atoms with Gasteiger partial charge >= 0.3 is 18.0 Å². The second-order valence-corrected chi connectivity index (χ2v) is 6.77. The van der Waals surface area contributed by atoms with E-state index >= 15 is 0 Å². The molecule has 0 N–H and O–H groups in total. The Kier molecular flexibility index (Phi) is 7.47. The Morgan fingerprint density at radius 1 is 1.00 bits per heavy atom. The molecule has 8 heteroatoms. The molecule has 1 aliphatic heterocycles. The molecule has 0 aromatic carbocycles. The van der Waals surface area contributed by atoms with Crippen LogP contribution in [0.25, 0.3) is 0 Å². The Bertz CT molecular complexity index is 452. The molecule has 0 radical (unpaired) electrons. The van der Waals surface area contributed by atoms with Crippen LogP contribution in [0.4, 0.5) is 4.79 Å². The number of rotatable bonds is 5. The van der Waals surface area contributed by atoms with E-state index in [4.69, 9.17) is 9.47 Å². The highest BCUT2D eigenvalue weighted by molar-refractivity contribution is 5.80. The predicted octanol–water partition coefficient (Wildman–Crippen LogP) is 0.891. The van der Waals surface area contributed by atoms with Gasteiger partial charge in [0, 0.05) is 32.7 Å². The molecule has 0 aromatic heterocycles. The fraction of sp³-hybridized carbons (Fsp3) is 0.812. The molecule has 1 atom stereocenters. The lowest BCUT2D eigenvalue weighted by Crippen LogP contribution is -2.51. The van der Waals surface area contributed by atoms with Crippen LogP contribution in [-0.4, -0.2) is 80.4 Å². The first kappa shape index (κ1) is 20.2. The summed E-state index contributed by atoms with van der Waals surface area (Å²) < 4.78 is 14.7. The Morgan fingerprint density at radius 3 is 2.04 bits per heavy atom. The molecule has 1 unspecified atom stereocenters. The van der Waals surface area contributed by atoms with Gasteiger partial charge in [-0.3, -0.25) is 14.5 Å². The minimum absolute atomic E-state index is 0.0184. The van der Waals surface area contributed by atoms with Gasteiger partial charge in [0.1, 0.15) is 5.60 Å². The van der Waals surface area contributed by atoms with E-state index in [1.165, 1.54) is 14.2 Å². The van der Waals surface area contributed by atoms with Crippen LogP contribution < -0.4 is 0 Å². The predicted molar refractivity (Wildman–Crippen MR) is 86.4 cm³/mol. The van der Waals surface area contributed by atoms with E-state index in [0.29, 0.717) is 32.7 Å². The molecule has 0 aliphatic carbocycles. The molecule has 0 saturated carbocycles. The first-order chi connectivity index (χ1) is 11.2. The zero-order chi connectivity index (χ0) is 18.3. The van der Waals surface area contributed by atoms with Crippen LogP contribution in [-0.2, 0) is 23.8 Å². The first-order valence-electron chi connectivity index (χ1n) is 8.01. The highest BCUT2D eigenvalue weighted by Crippen LogP contribution is 2.14. The van der Waals surface area contributed by atoms with Crippen molar-refractivity contribution in [1.82, 2.24) is 9.80 Å². The monoisotopic (exact) mass is 344 g/mol. The number of amides is 1. The molecule has 1 amide bonds. The lowest BCUT2D eigenvalue weighted by Gasteiger charge is -2.36. The second-order valence-electron chi connectivity index (χ2n) is 6.77. The molecule has 24 heavy (non-hydrogen) atoms. The summed E-state index contributed by atoms with van der Waals surface area (Å²) in [5.41, 5.74) is -0.523. The van der Waals surface area contributed by atoms with Gasteiger partial charge in [0.05, 0.1) is 26.6 Å². The Balaban J connectivity index is 2.52. The van der Waals surface area contributed by atoms with Gasteiger partial charge in [-0.05, 0) is 20.8 Å². The van der Waals surface area contributed by atoms with Crippen LogP contribution in [0, 0.1) is 5.92 Å². The maximum absolute atomic E-state index is 12.0. The van der Waals surface area contributed by atoms with E-state index in [-0.39, 0.29) is 12.5 Å². The molecule has 0 spiro atoms. The zero-order valence-corrected chi connectivity index (χ0v) is 15.2. The van der Waals surface area contributed by atoms with Crippen molar-refractivity contribution in [3.8, 4) is 0 Å². The van der Waals surface area contributed by atoms with Gasteiger partial charge in [-0.2, -0.15) is 0 Å². The summed E-state index contributed by atoms with van der Waals surface area (Å²) >= 11 is 0. The smallest absolute Gasteiger partial charge is 0.410 e. The fourth-order valence-electron chi connectivity index (χ4n) is 2.42. The number of carbonyl (C=O) groups is 3. The third-order valence-electron chi connectivity index (χ3n) is 3.68. The van der Waals surface area contributed by atoms with Gasteiger partial charge in [0.25, 0.3) is 0 Å². The molecule has 1 saturated heterocycles. The van der Waals surface area contributed by atoms with Crippen molar-refractivity contribution in [2.24, 2.45) is 5.92 Å². The summed E-state index contributed by atoms with van der Waals surface area (Å²) in [5.74, 6) is -1.46. The van der Waals surface area contributed by atoms with Gasteiger partial charge in [-0.15, -0.1) is 0 Å². The van der Waals surface area contributed by atoms with Crippen molar-refractivity contribution >= 4 is 18.0 Å². The Labute approximate surface area is 143 Å². The standard InChI is InChI=1S/C16H28N2O6/c1-16(2,3)24-15(21)18-8-6-17(7-9-18)11-12(14(20)23-5)10-13(19)22-4/h12H,6-11H2,1-5H3. The topological polar surface area (TPSA) is 85.4 Å². The molecule has 1 fully saturated rings. The van der Waals surface area contributed by atoms with Crippen molar-refractivity contribution in [3.63, 3.8) is 0 Å². The second kappa shape index (κ2) is 8.86. The van der Waals surface area contributed by atoms with Gasteiger partial charge in [-0.1, -0.05) is 0 Å². The SMILES string of the molecule is COC(=O)CC(CN1CCN(C(=O)OC(C)(C)C)CC1)C(=O)OC. The number of hydrogen-bond acceptors (Lipinski definition) is 7. The van der Waals surface area contributed by atoms with E-state index in [1.807, 2.05) is 25.7 Å². The molecule has 1 rings (SSSR count). The van der Waals surface area contributed by atoms with E-state index in [2.05, 4.69) is 4.74 Å². The Hall–Kier alpha value is -1.83. The van der Waals surface area contributed by atoms with Crippen molar-refractivity contribution in [2.75, 3.05) is 46.9 Å². The minimum Gasteiger partial charge on any atom is -0.469 e. The van der Waals surface area contributed by atoms with E-state index in [9.17, 15) is 14.4 Å². The quantitative estimate of drug-likeness (QED) is 0.541. The van der Waals surface area contributed by atoms with Crippen molar-refractivity contribution in [1.29, 1.82) is 0 Å². The molecule has 1 aliphatic rings. The minimum atomic E-state index is -0.574. The largest absolute Gasteiger partial charge is 0.469 e. The number of nitrogens with zero attached hydrogens (tertiary/aromatic N) is 2. The highest BCUT2D eigenvalue weighted by Gasteiger charge is 2.30. The van der Waals surface area contributed by atoms with Gasteiger partial charge < -0.3 is 19.1 Å². The molecule has 0 bridgehead atoms. The lowest BCUT2D eigenvalue weighted by atomic mass is 10.0. The zero-order valence-electron chi connectivity index (χ0n) is 15.2. The first-order valence-corrected chi connectivity index (χ1v) is 8.01. The van der Waals surface area contributed by atoms with Crippen molar-refractivity contribution < 1.29 is 28.6 Å². The van der Waals surface area contributed by atoms with Crippen LogP contribution in [0.2, 0.25) is 0 Å². The van der Waals surface area contributed by atoms with E-state index in [1.54, 1.807) is 4.90 Å². The van der Waals surface area contributed by atoms with Crippen molar-refractivity contribution in [2.45, 2.75) is 32.8 Å². The normalized spacial score (nSPS) is 17.1. The summed E-state index contributed by atoms with van der Waals surface area (Å²) in [6.07, 6.45) is -0.351. The molecular formula is C16H28N2O6. The lowest BCUT2D eigenvalue weighted by molar-refractivity contribution is -0.152. The molecular weight excluding hydrogens is 316 g/mol. The van der Waals surface area contributed by atoms with E-state index in [0.717, 1.165) is 0 Å². The van der Waals surface area contributed by atoms with Crippen LogP contribution >= 0.6 is 0 Å². The summed E-state index contributed by atoms with van der Waals surface area (Å²) in [4.78, 5) is 39.0. The average molecular weight is 344 g/mol. The average Bonchev–Trinajstić information content (AvgIpc) is 2.52. The van der Waals surface area contributed by atoms with Crippen LogP contribution in [0.3, 0.4) is 0 Å². The maximum Gasteiger partial charge on any atom is 0.410 e. The molecule has 1 heterocycles. The highest BCUT2D eigenvalue weighted by atomic mass is 16.6. The number of methoxy groups -OCH3 is 2. The number of ether oxygens (including phenoxy) is 3. The third-order valence-corrected chi connectivity index (χ3v) is 3.68. The third kappa shape index (κ3) is 6.74. The molecule has 138 valence electrons. The van der Waals surface area contributed by atoms with Gasteiger partial charge in [0.15, 0.2) is 0 Å². The molecule has 8 nitrogen and oxygen atoms in total. The summed E-state index contributed by atoms with van der Waals surface area (Å²) in [5, 5.41) is 0. The van der Waals surface area contributed by atoms with Crippen molar-refractivity contribution in [3.05, 3.63) is 0 Å². The summed E-state index contributed by atoms with van der Waals surface area (Å²) in [6, 6.07) is 0. The molecule has 0 aromatic rings. The number of carbonyl (C=O) groups excluding carboxylic acids is 3. The summed E-state index contributed by atoms with van der Waals surface area (Å²) in [6.45, 7) is 8.12. The Morgan fingerprint density at radius 2 is 1.58 bits per heavy atom. The summed E-state index contributed by atoms with van der Waals surface area (Å²) in [7, 11) is 2.59. The number of esters is 2. The number of hydrogen-bond donors (Lipinski definition) is 0. The van der Waals surface area contributed by atoms with Gasteiger partial charge in [0.2, 0.25) is 0 Å². The van der Waals surface area contributed by atoms with Crippen LogP contribution in [0.1, 0.15) is 27.2 Å². The van der Waals surface area contributed by atoms with E-state index < -0.39 is 23.5 Å².